The Morgan fingerprint density at radius 3 is 3.00 bits per heavy atom. The van der Waals surface area contributed by atoms with Gasteiger partial charge in [-0.1, -0.05) is 15.9 Å². The van der Waals surface area contributed by atoms with Crippen LogP contribution in [0.2, 0.25) is 0 Å². The molecule has 0 saturated heterocycles. The summed E-state index contributed by atoms with van der Waals surface area (Å²) in [5.74, 6) is 0.439. The minimum Gasteiger partial charge on any atom is -0.408 e. The van der Waals surface area contributed by atoms with E-state index in [9.17, 15) is 4.79 Å². The van der Waals surface area contributed by atoms with Crippen molar-refractivity contribution in [3.63, 3.8) is 0 Å². The Balaban J connectivity index is 2.55. The Morgan fingerprint density at radius 1 is 1.50 bits per heavy atom. The number of H-pyrrole nitrogens is 1. The van der Waals surface area contributed by atoms with E-state index in [-0.39, 0.29) is 0 Å². The Labute approximate surface area is 88.2 Å². The van der Waals surface area contributed by atoms with Gasteiger partial charge in [-0.2, -0.15) is 0 Å². The van der Waals surface area contributed by atoms with Gasteiger partial charge < -0.3 is 15.5 Å². The van der Waals surface area contributed by atoms with Crippen molar-refractivity contribution in [1.82, 2.24) is 4.98 Å². The second-order valence-corrected chi connectivity index (χ2v) is 3.68. The quantitative estimate of drug-likeness (QED) is 0.821. The molecular weight excluding hydrogens is 248 g/mol. The Kier molecular flexibility index (Phi) is 2.17. The summed E-state index contributed by atoms with van der Waals surface area (Å²) in [5.41, 5.74) is 5.82. The zero-order valence-electron chi connectivity index (χ0n) is 7.08. The van der Waals surface area contributed by atoms with E-state index < -0.39 is 6.09 Å². The molecule has 0 saturated carbocycles. The van der Waals surface area contributed by atoms with Crippen molar-refractivity contribution in [3.05, 3.63) is 28.9 Å². The fourth-order valence-electron chi connectivity index (χ4n) is 1.26. The van der Waals surface area contributed by atoms with Crippen LogP contribution in [0.3, 0.4) is 0 Å². The number of nitrogens with one attached hydrogen (secondary N) is 1. The molecule has 14 heavy (non-hydrogen) atoms. The number of rotatable bonds is 1. The molecule has 0 aliphatic heterocycles. The van der Waals surface area contributed by atoms with Crippen molar-refractivity contribution >= 4 is 32.9 Å². The van der Waals surface area contributed by atoms with Crippen LogP contribution in [-0.2, 0) is 0 Å². The molecule has 0 aliphatic carbocycles. The molecule has 0 spiro atoms. The Morgan fingerprint density at radius 2 is 2.29 bits per heavy atom. The van der Waals surface area contributed by atoms with E-state index in [2.05, 4.69) is 20.9 Å². The highest BCUT2D eigenvalue weighted by molar-refractivity contribution is 9.10. The van der Waals surface area contributed by atoms with Gasteiger partial charge in [-0.05, 0) is 18.2 Å². The lowest BCUT2D eigenvalue weighted by Gasteiger charge is -1.97. The van der Waals surface area contributed by atoms with Crippen LogP contribution in [-0.4, -0.2) is 11.1 Å². The predicted molar refractivity (Wildman–Crippen MR) is 56.2 cm³/mol. The molecule has 0 bridgehead atoms. The van der Waals surface area contributed by atoms with E-state index in [0.29, 0.717) is 5.75 Å². The fourth-order valence-corrected chi connectivity index (χ4v) is 1.62. The molecule has 0 fully saturated rings. The largest absolute Gasteiger partial charge is 0.410 e. The van der Waals surface area contributed by atoms with Gasteiger partial charge in [0.15, 0.2) is 5.75 Å². The number of carbonyl (C=O) groups is 1. The standard InChI is InChI=1S/C9H7BrN2O2/c10-5-1-2-7-6(3-5)8(4-12-7)14-9(11)13/h1-4,12H,(H2,11,13). The van der Waals surface area contributed by atoms with Gasteiger partial charge in [0.25, 0.3) is 0 Å². The highest BCUT2D eigenvalue weighted by Gasteiger charge is 2.07. The molecule has 1 aromatic heterocycles. The smallest absolute Gasteiger partial charge is 0.408 e. The van der Waals surface area contributed by atoms with Crippen LogP contribution < -0.4 is 10.5 Å². The number of carbonyl (C=O) groups excluding carboxylic acids is 1. The van der Waals surface area contributed by atoms with Crippen LogP contribution in [0.4, 0.5) is 4.79 Å². The number of halogens is 1. The highest BCUT2D eigenvalue weighted by atomic mass is 79.9. The molecule has 5 heteroatoms. The summed E-state index contributed by atoms with van der Waals surface area (Å²) >= 11 is 3.33. The maximum absolute atomic E-state index is 10.6. The Hall–Kier alpha value is -1.49. The number of amides is 1. The van der Waals surface area contributed by atoms with Gasteiger partial charge >= 0.3 is 6.09 Å². The van der Waals surface area contributed by atoms with Crippen LogP contribution in [0.1, 0.15) is 0 Å². The topological polar surface area (TPSA) is 68.1 Å². The average Bonchev–Trinajstić information content (AvgIpc) is 2.47. The highest BCUT2D eigenvalue weighted by Crippen LogP contribution is 2.27. The predicted octanol–water partition coefficient (Wildman–Crippen LogP) is 2.39. The second kappa shape index (κ2) is 3.34. The van der Waals surface area contributed by atoms with Crippen molar-refractivity contribution < 1.29 is 9.53 Å². The molecule has 72 valence electrons. The molecule has 0 radical (unpaired) electrons. The van der Waals surface area contributed by atoms with Crippen molar-refractivity contribution in [2.45, 2.75) is 0 Å². The van der Waals surface area contributed by atoms with Crippen LogP contribution in [0.25, 0.3) is 10.9 Å². The molecule has 0 atom stereocenters. The summed E-state index contributed by atoms with van der Waals surface area (Å²) in [6, 6.07) is 5.63. The summed E-state index contributed by atoms with van der Waals surface area (Å²) in [7, 11) is 0. The molecule has 2 aromatic rings. The van der Waals surface area contributed by atoms with Crippen molar-refractivity contribution in [3.8, 4) is 5.75 Å². The number of aromatic nitrogens is 1. The molecule has 0 aliphatic rings. The van der Waals surface area contributed by atoms with Crippen molar-refractivity contribution in [1.29, 1.82) is 0 Å². The van der Waals surface area contributed by atoms with Crippen LogP contribution >= 0.6 is 15.9 Å². The first kappa shape index (κ1) is 9.08. The number of benzene rings is 1. The van der Waals surface area contributed by atoms with Gasteiger partial charge in [-0.3, -0.25) is 0 Å². The first-order chi connectivity index (χ1) is 6.66. The number of hydrogen-bond donors (Lipinski definition) is 2. The van der Waals surface area contributed by atoms with Crippen LogP contribution in [0.5, 0.6) is 5.75 Å². The van der Waals surface area contributed by atoms with E-state index in [1.165, 1.54) is 0 Å². The van der Waals surface area contributed by atoms with Gasteiger partial charge in [0.1, 0.15) is 0 Å². The summed E-state index contributed by atoms with van der Waals surface area (Å²) in [5, 5.41) is 0.818. The Bertz CT molecular complexity index is 493. The third kappa shape index (κ3) is 1.58. The third-order valence-corrected chi connectivity index (χ3v) is 2.31. The van der Waals surface area contributed by atoms with Crippen LogP contribution in [0, 0.1) is 0 Å². The van der Waals surface area contributed by atoms with E-state index >= 15 is 0 Å². The lowest BCUT2D eigenvalue weighted by Crippen LogP contribution is -2.15. The van der Waals surface area contributed by atoms with E-state index in [0.717, 1.165) is 15.4 Å². The zero-order chi connectivity index (χ0) is 10.1. The average molecular weight is 255 g/mol. The lowest BCUT2D eigenvalue weighted by atomic mass is 10.2. The molecule has 1 heterocycles. The minimum atomic E-state index is -0.814. The number of aromatic amines is 1. The molecular formula is C9H7BrN2O2. The van der Waals surface area contributed by atoms with Gasteiger partial charge in [0.2, 0.25) is 0 Å². The first-order valence-electron chi connectivity index (χ1n) is 3.91. The van der Waals surface area contributed by atoms with E-state index in [1.54, 1.807) is 6.20 Å². The molecule has 0 unspecified atom stereocenters. The number of nitrogens with two attached hydrogens (primary N) is 1. The number of fused-ring (bicyclic) bond motifs is 1. The lowest BCUT2D eigenvalue weighted by molar-refractivity contribution is 0.211. The SMILES string of the molecule is NC(=O)Oc1c[nH]c2ccc(Br)cc12. The summed E-state index contributed by atoms with van der Waals surface area (Å²) in [6.07, 6.45) is 0.785. The van der Waals surface area contributed by atoms with Gasteiger partial charge in [-0.15, -0.1) is 0 Å². The normalized spacial score (nSPS) is 10.4. The minimum absolute atomic E-state index is 0.439. The number of primary amides is 1. The van der Waals surface area contributed by atoms with Gasteiger partial charge in [-0.25, -0.2) is 4.79 Å². The molecule has 1 aromatic carbocycles. The van der Waals surface area contributed by atoms with Crippen molar-refractivity contribution in [2.24, 2.45) is 5.73 Å². The maximum atomic E-state index is 10.6. The molecule has 4 nitrogen and oxygen atoms in total. The molecule has 2 rings (SSSR count). The summed E-state index contributed by atoms with van der Waals surface area (Å²) in [4.78, 5) is 13.5. The van der Waals surface area contributed by atoms with Crippen molar-refractivity contribution in [2.75, 3.05) is 0 Å². The zero-order valence-corrected chi connectivity index (χ0v) is 8.67. The molecule has 3 N–H and O–H groups in total. The number of hydrogen-bond acceptors (Lipinski definition) is 2. The summed E-state index contributed by atoms with van der Waals surface area (Å²) < 4.78 is 5.72. The third-order valence-electron chi connectivity index (χ3n) is 1.82. The monoisotopic (exact) mass is 254 g/mol. The van der Waals surface area contributed by atoms with Gasteiger partial charge in [0, 0.05) is 21.6 Å². The molecule has 1 amide bonds. The first-order valence-corrected chi connectivity index (χ1v) is 4.70. The van der Waals surface area contributed by atoms with E-state index in [4.69, 9.17) is 10.5 Å². The second-order valence-electron chi connectivity index (χ2n) is 2.76. The van der Waals surface area contributed by atoms with E-state index in [1.807, 2.05) is 18.2 Å². The fraction of sp³-hybridized carbons (Fsp3) is 0. The van der Waals surface area contributed by atoms with Crippen LogP contribution in [0.15, 0.2) is 28.9 Å². The number of ether oxygens (including phenoxy) is 1. The summed E-state index contributed by atoms with van der Waals surface area (Å²) in [6.45, 7) is 0. The van der Waals surface area contributed by atoms with Gasteiger partial charge in [0.05, 0.1) is 0 Å². The maximum Gasteiger partial charge on any atom is 0.410 e.